The van der Waals surface area contributed by atoms with Crippen LogP contribution in [0.15, 0.2) is 18.2 Å². The van der Waals surface area contributed by atoms with Gasteiger partial charge in [-0.05, 0) is 36.7 Å². The lowest BCUT2D eigenvalue weighted by Crippen LogP contribution is -2.49. The zero-order valence-corrected chi connectivity index (χ0v) is 12.9. The molecular formula is C16H22ClNO2. The summed E-state index contributed by atoms with van der Waals surface area (Å²) in [6.07, 6.45) is 2.37. The summed E-state index contributed by atoms with van der Waals surface area (Å²) in [5, 5.41) is 3.33. The fraction of sp³-hybridized carbons (Fsp3) is 0.562. The van der Waals surface area contributed by atoms with Gasteiger partial charge in [0.25, 0.3) is 0 Å². The van der Waals surface area contributed by atoms with Crippen molar-refractivity contribution < 1.29 is 9.53 Å². The lowest BCUT2D eigenvalue weighted by Gasteiger charge is -2.41. The number of piperidine rings is 1. The first kappa shape index (κ1) is 15.3. The van der Waals surface area contributed by atoms with Gasteiger partial charge in [-0.15, -0.1) is 12.4 Å². The van der Waals surface area contributed by atoms with Crippen molar-refractivity contribution in [3.63, 3.8) is 0 Å². The number of Topliss-reactive ketones (excluding diaryl/α,β-unsaturated/α-hetero) is 1. The number of nitrogens with one attached hydrogen (secondary N) is 1. The molecule has 1 spiro atoms. The molecule has 3 nitrogen and oxygen atoms in total. The van der Waals surface area contributed by atoms with Gasteiger partial charge < -0.3 is 10.1 Å². The first-order chi connectivity index (χ1) is 9.10. The fourth-order valence-electron chi connectivity index (χ4n) is 3.03. The van der Waals surface area contributed by atoms with Crippen molar-refractivity contribution in [3.8, 4) is 5.75 Å². The summed E-state index contributed by atoms with van der Waals surface area (Å²) in [6, 6.07) is 6.07. The van der Waals surface area contributed by atoms with Crippen LogP contribution in [-0.4, -0.2) is 24.5 Å². The van der Waals surface area contributed by atoms with Crippen LogP contribution in [0.3, 0.4) is 0 Å². The van der Waals surface area contributed by atoms with Gasteiger partial charge in [-0.25, -0.2) is 0 Å². The van der Waals surface area contributed by atoms with Crippen LogP contribution < -0.4 is 10.1 Å². The molecule has 0 amide bonds. The van der Waals surface area contributed by atoms with Crippen LogP contribution in [0.4, 0.5) is 0 Å². The number of hydrogen-bond donors (Lipinski definition) is 1. The lowest BCUT2D eigenvalue weighted by atomic mass is 9.82. The molecule has 0 unspecified atom stereocenters. The molecule has 3 rings (SSSR count). The van der Waals surface area contributed by atoms with Crippen LogP contribution in [0.2, 0.25) is 0 Å². The largest absolute Gasteiger partial charge is 0.486 e. The van der Waals surface area contributed by atoms with Crippen molar-refractivity contribution in [2.24, 2.45) is 0 Å². The van der Waals surface area contributed by atoms with Crippen molar-refractivity contribution in [2.75, 3.05) is 13.1 Å². The Balaban J connectivity index is 0.00000147. The van der Waals surface area contributed by atoms with E-state index in [4.69, 9.17) is 4.74 Å². The van der Waals surface area contributed by atoms with Gasteiger partial charge in [0.15, 0.2) is 5.78 Å². The van der Waals surface area contributed by atoms with E-state index in [1.165, 1.54) is 5.56 Å². The molecule has 2 aliphatic heterocycles. The molecule has 20 heavy (non-hydrogen) atoms. The number of ether oxygens (including phenoxy) is 1. The minimum atomic E-state index is -0.255. The number of carbonyl (C=O) groups excluding carboxylic acids is 1. The standard InChI is InChI=1S/C16H21NO2.ClH/c1-11(2)12-3-4-15-13(9-12)14(18)10-16(19-15)5-7-17-8-6-16;/h3-4,9,11,17H,5-8,10H2,1-2H3;1H. The van der Waals surface area contributed by atoms with E-state index in [0.717, 1.165) is 37.2 Å². The monoisotopic (exact) mass is 295 g/mol. The van der Waals surface area contributed by atoms with Crippen LogP contribution in [0, 0.1) is 0 Å². The Morgan fingerprint density at radius 1 is 1.25 bits per heavy atom. The second kappa shape index (κ2) is 5.74. The number of rotatable bonds is 1. The number of ketones is 1. The van der Waals surface area contributed by atoms with E-state index in [9.17, 15) is 4.79 Å². The third-order valence-electron chi connectivity index (χ3n) is 4.29. The van der Waals surface area contributed by atoms with Gasteiger partial charge in [0.05, 0.1) is 12.0 Å². The van der Waals surface area contributed by atoms with Gasteiger partial charge in [0.1, 0.15) is 11.4 Å². The molecule has 0 aliphatic carbocycles. The number of halogens is 1. The van der Waals surface area contributed by atoms with Crippen molar-refractivity contribution >= 4 is 18.2 Å². The Bertz CT molecular complexity index is 507. The maximum atomic E-state index is 12.4. The summed E-state index contributed by atoms with van der Waals surface area (Å²) < 4.78 is 6.20. The van der Waals surface area contributed by atoms with Crippen molar-refractivity contribution in [1.82, 2.24) is 5.32 Å². The average molecular weight is 296 g/mol. The molecule has 1 saturated heterocycles. The fourth-order valence-corrected chi connectivity index (χ4v) is 3.03. The van der Waals surface area contributed by atoms with E-state index < -0.39 is 0 Å². The summed E-state index contributed by atoms with van der Waals surface area (Å²) >= 11 is 0. The van der Waals surface area contributed by atoms with E-state index in [1.54, 1.807) is 0 Å². The van der Waals surface area contributed by atoms with Crippen molar-refractivity contribution in [1.29, 1.82) is 0 Å². The van der Waals surface area contributed by atoms with E-state index in [0.29, 0.717) is 12.3 Å². The number of fused-ring (bicyclic) bond motifs is 1. The van der Waals surface area contributed by atoms with E-state index in [-0.39, 0.29) is 23.8 Å². The molecule has 1 aromatic carbocycles. The summed E-state index contributed by atoms with van der Waals surface area (Å²) in [5.74, 6) is 1.46. The summed E-state index contributed by atoms with van der Waals surface area (Å²) in [4.78, 5) is 12.4. The first-order valence-corrected chi connectivity index (χ1v) is 7.17. The zero-order chi connectivity index (χ0) is 13.5. The number of benzene rings is 1. The third-order valence-corrected chi connectivity index (χ3v) is 4.29. The van der Waals surface area contributed by atoms with Crippen molar-refractivity contribution in [2.45, 2.75) is 44.6 Å². The molecule has 0 bridgehead atoms. The van der Waals surface area contributed by atoms with Gasteiger partial charge in [0.2, 0.25) is 0 Å². The van der Waals surface area contributed by atoms with Crippen LogP contribution >= 0.6 is 12.4 Å². The molecule has 0 saturated carbocycles. The molecule has 0 atom stereocenters. The lowest BCUT2D eigenvalue weighted by molar-refractivity contribution is 0.0187. The molecule has 110 valence electrons. The SMILES string of the molecule is CC(C)c1ccc2c(c1)C(=O)CC1(CCNCC1)O2.Cl. The maximum Gasteiger partial charge on any atom is 0.170 e. The summed E-state index contributed by atoms with van der Waals surface area (Å²) in [7, 11) is 0. The van der Waals surface area contributed by atoms with E-state index in [1.807, 2.05) is 12.1 Å². The van der Waals surface area contributed by atoms with E-state index in [2.05, 4.69) is 25.2 Å². The van der Waals surface area contributed by atoms with Crippen LogP contribution in [0.1, 0.15) is 54.9 Å². The quantitative estimate of drug-likeness (QED) is 0.864. The van der Waals surface area contributed by atoms with E-state index >= 15 is 0 Å². The first-order valence-electron chi connectivity index (χ1n) is 7.17. The highest BCUT2D eigenvalue weighted by atomic mass is 35.5. The molecule has 1 fully saturated rings. The molecule has 2 heterocycles. The van der Waals surface area contributed by atoms with Gasteiger partial charge in [-0.2, -0.15) is 0 Å². The Morgan fingerprint density at radius 3 is 2.60 bits per heavy atom. The Hall–Kier alpha value is -1.06. The second-order valence-electron chi connectivity index (χ2n) is 6.05. The van der Waals surface area contributed by atoms with Gasteiger partial charge in [0, 0.05) is 12.8 Å². The number of hydrogen-bond acceptors (Lipinski definition) is 3. The highest BCUT2D eigenvalue weighted by molar-refractivity contribution is 6.00. The highest BCUT2D eigenvalue weighted by Crippen LogP contribution is 2.39. The highest BCUT2D eigenvalue weighted by Gasteiger charge is 2.41. The molecule has 0 radical (unpaired) electrons. The predicted octanol–water partition coefficient (Wildman–Crippen LogP) is 3.32. The molecule has 1 aromatic rings. The zero-order valence-electron chi connectivity index (χ0n) is 12.1. The Labute approximate surface area is 126 Å². The topological polar surface area (TPSA) is 38.3 Å². The number of carbonyl (C=O) groups is 1. The average Bonchev–Trinajstić information content (AvgIpc) is 2.39. The normalized spacial score (nSPS) is 20.2. The second-order valence-corrected chi connectivity index (χ2v) is 6.05. The van der Waals surface area contributed by atoms with Crippen LogP contribution in [0.25, 0.3) is 0 Å². The predicted molar refractivity (Wildman–Crippen MR) is 82.2 cm³/mol. The van der Waals surface area contributed by atoms with Crippen LogP contribution in [-0.2, 0) is 0 Å². The molecule has 2 aliphatic rings. The minimum absolute atomic E-state index is 0. The maximum absolute atomic E-state index is 12.4. The van der Waals surface area contributed by atoms with Gasteiger partial charge >= 0.3 is 0 Å². The molecule has 4 heteroatoms. The summed E-state index contributed by atoms with van der Waals surface area (Å²) in [5.41, 5.74) is 1.72. The third kappa shape index (κ3) is 2.70. The van der Waals surface area contributed by atoms with Crippen molar-refractivity contribution in [3.05, 3.63) is 29.3 Å². The molecular weight excluding hydrogens is 274 g/mol. The smallest absolute Gasteiger partial charge is 0.170 e. The molecule has 1 N–H and O–H groups in total. The Morgan fingerprint density at radius 2 is 1.95 bits per heavy atom. The minimum Gasteiger partial charge on any atom is -0.486 e. The summed E-state index contributed by atoms with van der Waals surface area (Å²) in [6.45, 7) is 6.16. The van der Waals surface area contributed by atoms with Gasteiger partial charge in [-0.1, -0.05) is 19.9 Å². The Kier molecular flexibility index (Phi) is 4.40. The van der Waals surface area contributed by atoms with Gasteiger partial charge in [-0.3, -0.25) is 4.79 Å². The molecule has 0 aromatic heterocycles. The van der Waals surface area contributed by atoms with Crippen LogP contribution in [0.5, 0.6) is 5.75 Å².